The number of aliphatic hydroxyl groups excluding tert-OH is 1. The zero-order valence-corrected chi connectivity index (χ0v) is 12.1. The molecule has 0 bridgehead atoms. The lowest BCUT2D eigenvalue weighted by atomic mass is 9.82. The Morgan fingerprint density at radius 1 is 1.26 bits per heavy atom. The van der Waals surface area contributed by atoms with E-state index in [2.05, 4.69) is 5.32 Å². The Morgan fingerprint density at radius 3 is 2.42 bits per heavy atom. The van der Waals surface area contributed by atoms with Crippen LogP contribution < -0.4 is 5.32 Å². The molecule has 1 fully saturated rings. The van der Waals surface area contributed by atoms with E-state index in [1.165, 1.54) is 6.42 Å². The molecule has 1 aliphatic carbocycles. The third-order valence-corrected chi connectivity index (χ3v) is 4.59. The number of benzene rings is 1. The standard InChI is InChI=1S/C15H21NO2S/c1-19-13-7-5-12(6-8-13)14(18)16-15(11-17)9-3-2-4-10-15/h5-8,17H,2-4,9-11H2,1H3,(H,16,18). The largest absolute Gasteiger partial charge is 0.394 e. The molecule has 0 unspecified atom stereocenters. The quantitative estimate of drug-likeness (QED) is 0.833. The van der Waals surface area contributed by atoms with Crippen LogP contribution in [0.25, 0.3) is 0 Å². The van der Waals surface area contributed by atoms with Gasteiger partial charge in [-0.1, -0.05) is 19.3 Å². The van der Waals surface area contributed by atoms with Crippen LogP contribution in [0.15, 0.2) is 29.2 Å². The van der Waals surface area contributed by atoms with Gasteiger partial charge in [-0.05, 0) is 43.4 Å². The minimum absolute atomic E-state index is 0.0294. The second kappa shape index (κ2) is 6.44. The van der Waals surface area contributed by atoms with Gasteiger partial charge in [0.05, 0.1) is 12.1 Å². The van der Waals surface area contributed by atoms with E-state index in [1.54, 1.807) is 11.8 Å². The van der Waals surface area contributed by atoms with Crippen molar-refractivity contribution >= 4 is 17.7 Å². The first-order valence-electron chi connectivity index (χ1n) is 6.76. The molecule has 2 rings (SSSR count). The van der Waals surface area contributed by atoms with Crippen LogP contribution >= 0.6 is 11.8 Å². The van der Waals surface area contributed by atoms with Gasteiger partial charge in [-0.2, -0.15) is 0 Å². The van der Waals surface area contributed by atoms with Gasteiger partial charge < -0.3 is 10.4 Å². The van der Waals surface area contributed by atoms with Crippen LogP contribution in [0.5, 0.6) is 0 Å². The molecule has 1 amide bonds. The van der Waals surface area contributed by atoms with Crippen LogP contribution in [0.1, 0.15) is 42.5 Å². The molecule has 104 valence electrons. The SMILES string of the molecule is CSc1ccc(C(=O)NC2(CO)CCCCC2)cc1. The third kappa shape index (κ3) is 3.51. The Bertz CT molecular complexity index is 424. The summed E-state index contributed by atoms with van der Waals surface area (Å²) in [6.07, 6.45) is 7.10. The summed E-state index contributed by atoms with van der Waals surface area (Å²) in [5.41, 5.74) is 0.254. The Balaban J connectivity index is 2.06. The van der Waals surface area contributed by atoms with E-state index in [-0.39, 0.29) is 12.5 Å². The van der Waals surface area contributed by atoms with E-state index >= 15 is 0 Å². The van der Waals surface area contributed by atoms with Gasteiger partial charge in [0, 0.05) is 10.5 Å². The van der Waals surface area contributed by atoms with Crippen molar-refractivity contribution in [2.75, 3.05) is 12.9 Å². The van der Waals surface area contributed by atoms with Gasteiger partial charge in [-0.3, -0.25) is 4.79 Å². The maximum absolute atomic E-state index is 12.2. The number of amides is 1. The molecule has 3 nitrogen and oxygen atoms in total. The number of hydrogen-bond donors (Lipinski definition) is 2. The van der Waals surface area contributed by atoms with Gasteiger partial charge in [0.2, 0.25) is 0 Å². The predicted molar refractivity (Wildman–Crippen MR) is 78.6 cm³/mol. The summed E-state index contributed by atoms with van der Waals surface area (Å²) in [6.45, 7) is 0.0294. The van der Waals surface area contributed by atoms with E-state index in [4.69, 9.17) is 0 Å². The van der Waals surface area contributed by atoms with Gasteiger partial charge >= 0.3 is 0 Å². The van der Waals surface area contributed by atoms with Crippen molar-refractivity contribution in [3.8, 4) is 0 Å². The number of carbonyl (C=O) groups excluding carboxylic acids is 1. The minimum Gasteiger partial charge on any atom is -0.394 e. The predicted octanol–water partition coefficient (Wildman–Crippen LogP) is 2.83. The summed E-state index contributed by atoms with van der Waals surface area (Å²) in [5.74, 6) is -0.0800. The zero-order valence-electron chi connectivity index (χ0n) is 11.3. The lowest BCUT2D eigenvalue weighted by Gasteiger charge is -2.36. The Hall–Kier alpha value is -1.00. The topological polar surface area (TPSA) is 49.3 Å². The number of aliphatic hydroxyl groups is 1. The Labute approximate surface area is 118 Å². The van der Waals surface area contributed by atoms with Crippen molar-refractivity contribution in [3.63, 3.8) is 0 Å². The highest BCUT2D eigenvalue weighted by atomic mass is 32.2. The molecule has 0 heterocycles. The summed E-state index contributed by atoms with van der Waals surface area (Å²) >= 11 is 1.66. The van der Waals surface area contributed by atoms with Crippen LogP contribution in [0.3, 0.4) is 0 Å². The van der Waals surface area contributed by atoms with Crippen molar-refractivity contribution < 1.29 is 9.90 Å². The molecule has 0 aromatic heterocycles. The van der Waals surface area contributed by atoms with E-state index in [0.717, 1.165) is 30.6 Å². The number of rotatable bonds is 4. The van der Waals surface area contributed by atoms with Crippen LogP contribution in [-0.2, 0) is 0 Å². The number of nitrogens with one attached hydrogen (secondary N) is 1. The monoisotopic (exact) mass is 279 g/mol. The van der Waals surface area contributed by atoms with E-state index in [9.17, 15) is 9.90 Å². The lowest BCUT2D eigenvalue weighted by molar-refractivity contribution is 0.0758. The average molecular weight is 279 g/mol. The van der Waals surface area contributed by atoms with Gasteiger partial charge in [-0.15, -0.1) is 11.8 Å². The van der Waals surface area contributed by atoms with Crippen molar-refractivity contribution in [1.82, 2.24) is 5.32 Å². The highest BCUT2D eigenvalue weighted by molar-refractivity contribution is 7.98. The fourth-order valence-corrected chi connectivity index (χ4v) is 3.01. The summed E-state index contributed by atoms with van der Waals surface area (Å²) in [7, 11) is 0. The first-order valence-corrected chi connectivity index (χ1v) is 7.99. The molecule has 2 N–H and O–H groups in total. The Morgan fingerprint density at radius 2 is 1.89 bits per heavy atom. The summed E-state index contributed by atoms with van der Waals surface area (Å²) < 4.78 is 0. The molecule has 19 heavy (non-hydrogen) atoms. The van der Waals surface area contributed by atoms with E-state index in [0.29, 0.717) is 5.56 Å². The van der Waals surface area contributed by atoms with Crippen molar-refractivity contribution in [2.45, 2.75) is 42.5 Å². The molecular weight excluding hydrogens is 258 g/mol. The summed E-state index contributed by atoms with van der Waals surface area (Å²) in [4.78, 5) is 13.4. The fourth-order valence-electron chi connectivity index (χ4n) is 2.61. The lowest BCUT2D eigenvalue weighted by Crippen LogP contribution is -2.52. The summed E-state index contributed by atoms with van der Waals surface area (Å²) in [5, 5.41) is 12.6. The Kier molecular flexibility index (Phi) is 4.88. The molecule has 0 saturated heterocycles. The van der Waals surface area contributed by atoms with Crippen LogP contribution in [0, 0.1) is 0 Å². The highest BCUT2D eigenvalue weighted by Gasteiger charge is 2.32. The number of hydrogen-bond acceptors (Lipinski definition) is 3. The highest BCUT2D eigenvalue weighted by Crippen LogP contribution is 2.28. The molecule has 1 aliphatic rings. The van der Waals surface area contributed by atoms with Crippen LogP contribution in [-0.4, -0.2) is 29.4 Å². The second-order valence-corrected chi connectivity index (χ2v) is 6.06. The molecule has 1 aromatic rings. The van der Waals surface area contributed by atoms with Crippen molar-refractivity contribution in [2.24, 2.45) is 0 Å². The van der Waals surface area contributed by atoms with Gasteiger partial charge in [-0.25, -0.2) is 0 Å². The first-order chi connectivity index (χ1) is 9.19. The molecule has 0 atom stereocenters. The van der Waals surface area contributed by atoms with E-state index in [1.807, 2.05) is 30.5 Å². The average Bonchev–Trinajstić information content (AvgIpc) is 2.48. The minimum atomic E-state index is -0.409. The van der Waals surface area contributed by atoms with Crippen LogP contribution in [0.2, 0.25) is 0 Å². The fraction of sp³-hybridized carbons (Fsp3) is 0.533. The normalized spacial score (nSPS) is 18.0. The molecule has 1 aromatic carbocycles. The maximum Gasteiger partial charge on any atom is 0.251 e. The molecule has 4 heteroatoms. The summed E-state index contributed by atoms with van der Waals surface area (Å²) in [6, 6.07) is 7.59. The molecule has 0 aliphatic heterocycles. The van der Waals surface area contributed by atoms with Gasteiger partial charge in [0.25, 0.3) is 5.91 Å². The molecular formula is C15H21NO2S. The molecule has 0 radical (unpaired) electrons. The number of thioether (sulfide) groups is 1. The van der Waals surface area contributed by atoms with E-state index < -0.39 is 5.54 Å². The second-order valence-electron chi connectivity index (χ2n) is 5.18. The van der Waals surface area contributed by atoms with Crippen molar-refractivity contribution in [1.29, 1.82) is 0 Å². The molecule has 0 spiro atoms. The van der Waals surface area contributed by atoms with Crippen molar-refractivity contribution in [3.05, 3.63) is 29.8 Å². The maximum atomic E-state index is 12.2. The zero-order chi connectivity index (χ0) is 13.7. The first kappa shape index (κ1) is 14.4. The number of carbonyl (C=O) groups is 1. The third-order valence-electron chi connectivity index (χ3n) is 3.84. The van der Waals surface area contributed by atoms with Crippen LogP contribution in [0.4, 0.5) is 0 Å². The van der Waals surface area contributed by atoms with Gasteiger partial charge in [0.1, 0.15) is 0 Å². The smallest absolute Gasteiger partial charge is 0.251 e. The molecule has 1 saturated carbocycles. The van der Waals surface area contributed by atoms with Gasteiger partial charge in [0.15, 0.2) is 0 Å².